The molecule has 0 spiro atoms. The monoisotopic (exact) mass is 321 g/mol. The van der Waals surface area contributed by atoms with Gasteiger partial charge >= 0.3 is 0 Å². The van der Waals surface area contributed by atoms with Gasteiger partial charge in [-0.3, -0.25) is 9.36 Å². The molecule has 1 saturated carbocycles. The molecular formula is C15H20ClN5O. The number of halogens is 1. The highest BCUT2D eigenvalue weighted by atomic mass is 35.5. The van der Waals surface area contributed by atoms with Crippen molar-refractivity contribution in [3.05, 3.63) is 42.5 Å². The number of carbonyl (C=O) groups is 1. The zero-order valence-electron chi connectivity index (χ0n) is 12.2. The first-order valence-electron chi connectivity index (χ1n) is 7.24. The van der Waals surface area contributed by atoms with E-state index in [4.69, 9.17) is 0 Å². The minimum absolute atomic E-state index is 0. The number of amides is 1. The van der Waals surface area contributed by atoms with Crippen molar-refractivity contribution in [2.75, 3.05) is 13.1 Å². The predicted octanol–water partition coefficient (Wildman–Crippen LogP) is 1.30. The first kappa shape index (κ1) is 16.5. The Kier molecular flexibility index (Phi) is 5.91. The van der Waals surface area contributed by atoms with Crippen LogP contribution < -0.4 is 10.6 Å². The number of carbonyl (C=O) groups excluding carboxylic acids is 1. The van der Waals surface area contributed by atoms with Gasteiger partial charge in [0.25, 0.3) is 0 Å². The Morgan fingerprint density at radius 1 is 1.27 bits per heavy atom. The van der Waals surface area contributed by atoms with E-state index in [1.165, 1.54) is 12.8 Å². The first-order chi connectivity index (χ1) is 10.3. The van der Waals surface area contributed by atoms with E-state index in [1.54, 1.807) is 6.33 Å². The first-order valence-corrected chi connectivity index (χ1v) is 7.24. The van der Waals surface area contributed by atoms with Crippen LogP contribution in [0.15, 0.2) is 36.7 Å². The van der Waals surface area contributed by atoms with E-state index >= 15 is 0 Å². The van der Waals surface area contributed by atoms with Crippen molar-refractivity contribution in [2.45, 2.75) is 19.4 Å². The smallest absolute Gasteiger partial charge is 0.234 e. The molecule has 22 heavy (non-hydrogen) atoms. The summed E-state index contributed by atoms with van der Waals surface area (Å²) in [7, 11) is 0. The fourth-order valence-electron chi connectivity index (χ4n) is 2.14. The summed E-state index contributed by atoms with van der Waals surface area (Å²) in [6, 6.07) is 9.83. The lowest BCUT2D eigenvalue weighted by Gasteiger charge is -2.08. The summed E-state index contributed by atoms with van der Waals surface area (Å²) in [6.07, 6.45) is 4.23. The van der Waals surface area contributed by atoms with Crippen molar-refractivity contribution < 1.29 is 4.79 Å². The Hall–Kier alpha value is -1.92. The standard InChI is InChI=1S/C15H19N5O.ClH/c21-15(10-16-8-12-6-7-12)17-9-14-19-18-11-20(14)13-4-2-1-3-5-13;/h1-5,11-12,16H,6-10H2,(H,17,21);1H. The molecule has 2 aromatic rings. The van der Waals surface area contributed by atoms with E-state index in [-0.39, 0.29) is 18.3 Å². The highest BCUT2D eigenvalue weighted by Crippen LogP contribution is 2.27. The number of aromatic nitrogens is 3. The maximum Gasteiger partial charge on any atom is 0.234 e. The maximum absolute atomic E-state index is 11.8. The van der Waals surface area contributed by atoms with Gasteiger partial charge in [0.2, 0.25) is 5.91 Å². The zero-order chi connectivity index (χ0) is 14.5. The molecule has 0 aliphatic heterocycles. The lowest BCUT2D eigenvalue weighted by Crippen LogP contribution is -2.34. The van der Waals surface area contributed by atoms with Crippen molar-refractivity contribution in [3.8, 4) is 5.69 Å². The van der Waals surface area contributed by atoms with Gasteiger partial charge in [0.05, 0.1) is 13.1 Å². The van der Waals surface area contributed by atoms with Gasteiger partial charge in [0.15, 0.2) is 5.82 Å². The van der Waals surface area contributed by atoms with Gasteiger partial charge in [0.1, 0.15) is 6.33 Å². The van der Waals surface area contributed by atoms with E-state index < -0.39 is 0 Å². The molecule has 1 aromatic carbocycles. The van der Waals surface area contributed by atoms with Crippen LogP contribution in [0.4, 0.5) is 0 Å². The summed E-state index contributed by atoms with van der Waals surface area (Å²) in [5, 5.41) is 14.0. The van der Waals surface area contributed by atoms with Crippen LogP contribution in [0, 0.1) is 5.92 Å². The number of hydrogen-bond donors (Lipinski definition) is 2. The minimum Gasteiger partial charge on any atom is -0.348 e. The zero-order valence-corrected chi connectivity index (χ0v) is 13.1. The molecule has 118 valence electrons. The molecule has 0 saturated heterocycles. The molecule has 1 aliphatic carbocycles. The van der Waals surface area contributed by atoms with Crippen molar-refractivity contribution in [1.82, 2.24) is 25.4 Å². The molecule has 1 fully saturated rings. The molecule has 3 rings (SSSR count). The molecule has 1 aromatic heterocycles. The molecule has 1 heterocycles. The summed E-state index contributed by atoms with van der Waals surface area (Å²) in [4.78, 5) is 11.8. The second-order valence-corrected chi connectivity index (χ2v) is 5.30. The molecule has 0 unspecified atom stereocenters. The summed E-state index contributed by atoms with van der Waals surface area (Å²) in [6.45, 7) is 1.67. The highest BCUT2D eigenvalue weighted by molar-refractivity contribution is 5.85. The fourth-order valence-corrected chi connectivity index (χ4v) is 2.14. The van der Waals surface area contributed by atoms with Crippen LogP contribution in [-0.4, -0.2) is 33.8 Å². The van der Waals surface area contributed by atoms with Crippen LogP contribution in [0.2, 0.25) is 0 Å². The third-order valence-electron chi connectivity index (χ3n) is 3.51. The Morgan fingerprint density at radius 2 is 2.05 bits per heavy atom. The Bertz CT molecular complexity index is 597. The average molecular weight is 322 g/mol. The molecule has 7 heteroatoms. The van der Waals surface area contributed by atoms with Crippen LogP contribution in [-0.2, 0) is 11.3 Å². The summed E-state index contributed by atoms with van der Waals surface area (Å²) >= 11 is 0. The predicted molar refractivity (Wildman–Crippen MR) is 86.0 cm³/mol. The number of rotatable bonds is 7. The molecular weight excluding hydrogens is 302 g/mol. The van der Waals surface area contributed by atoms with Gasteiger partial charge in [-0.1, -0.05) is 18.2 Å². The Morgan fingerprint density at radius 3 is 2.77 bits per heavy atom. The summed E-state index contributed by atoms with van der Waals surface area (Å²) < 4.78 is 1.87. The van der Waals surface area contributed by atoms with Gasteiger partial charge in [-0.05, 0) is 37.4 Å². The van der Waals surface area contributed by atoms with Crippen molar-refractivity contribution in [2.24, 2.45) is 5.92 Å². The number of nitrogens with one attached hydrogen (secondary N) is 2. The van der Waals surface area contributed by atoms with Crippen molar-refractivity contribution in [3.63, 3.8) is 0 Å². The van der Waals surface area contributed by atoms with Gasteiger partial charge < -0.3 is 10.6 Å². The molecule has 0 atom stereocenters. The molecule has 1 amide bonds. The molecule has 6 nitrogen and oxygen atoms in total. The second-order valence-electron chi connectivity index (χ2n) is 5.30. The lowest BCUT2D eigenvalue weighted by atomic mass is 10.3. The van der Waals surface area contributed by atoms with Gasteiger partial charge in [0, 0.05) is 5.69 Å². The SMILES string of the molecule is Cl.O=C(CNCC1CC1)NCc1nncn1-c1ccccc1. The molecule has 2 N–H and O–H groups in total. The number of nitrogens with zero attached hydrogens (tertiary/aromatic N) is 3. The number of para-hydroxylation sites is 1. The van der Waals surface area contributed by atoms with Crippen LogP contribution >= 0.6 is 12.4 Å². The van der Waals surface area contributed by atoms with Crippen LogP contribution in [0.5, 0.6) is 0 Å². The molecule has 1 aliphatic rings. The van der Waals surface area contributed by atoms with Gasteiger partial charge in [-0.2, -0.15) is 0 Å². The van der Waals surface area contributed by atoms with Gasteiger partial charge in [-0.15, -0.1) is 22.6 Å². The average Bonchev–Trinajstić information content (AvgIpc) is 3.21. The fraction of sp³-hybridized carbons (Fsp3) is 0.400. The van der Waals surface area contributed by atoms with Gasteiger partial charge in [-0.25, -0.2) is 0 Å². The normalized spacial score (nSPS) is 13.5. The summed E-state index contributed by atoms with van der Waals surface area (Å²) in [5.74, 6) is 1.48. The van der Waals surface area contributed by atoms with Crippen molar-refractivity contribution in [1.29, 1.82) is 0 Å². The van der Waals surface area contributed by atoms with Crippen LogP contribution in [0.1, 0.15) is 18.7 Å². The quantitative estimate of drug-likeness (QED) is 0.806. The summed E-state index contributed by atoms with van der Waals surface area (Å²) in [5.41, 5.74) is 0.985. The van der Waals surface area contributed by atoms with E-state index in [9.17, 15) is 4.79 Å². The van der Waals surface area contributed by atoms with Crippen LogP contribution in [0.25, 0.3) is 5.69 Å². The third kappa shape index (κ3) is 4.54. The highest BCUT2D eigenvalue weighted by Gasteiger charge is 2.20. The van der Waals surface area contributed by atoms with E-state index in [1.807, 2.05) is 34.9 Å². The third-order valence-corrected chi connectivity index (χ3v) is 3.51. The van der Waals surface area contributed by atoms with Crippen molar-refractivity contribution >= 4 is 18.3 Å². The largest absolute Gasteiger partial charge is 0.348 e. The maximum atomic E-state index is 11.8. The van der Waals surface area contributed by atoms with E-state index in [2.05, 4.69) is 20.8 Å². The number of hydrogen-bond acceptors (Lipinski definition) is 4. The topological polar surface area (TPSA) is 71.8 Å². The molecule has 0 radical (unpaired) electrons. The number of benzene rings is 1. The molecule has 0 bridgehead atoms. The van der Waals surface area contributed by atoms with E-state index in [0.717, 1.165) is 24.0 Å². The Labute approximate surface area is 135 Å². The Balaban J connectivity index is 0.00000176. The lowest BCUT2D eigenvalue weighted by molar-refractivity contribution is -0.120. The minimum atomic E-state index is -0.0155. The van der Waals surface area contributed by atoms with E-state index in [0.29, 0.717) is 13.1 Å². The van der Waals surface area contributed by atoms with Crippen LogP contribution in [0.3, 0.4) is 0 Å². The second kappa shape index (κ2) is 7.91.